The molecule has 0 N–H and O–H groups in total. The molecule has 0 bridgehead atoms. The zero-order chi connectivity index (χ0) is 15.9. The number of nitrogens with zero attached hydrogens (tertiary/aromatic N) is 1. The van der Waals surface area contributed by atoms with Crippen molar-refractivity contribution in [3.63, 3.8) is 0 Å². The molecule has 114 valence electrons. The van der Waals surface area contributed by atoms with E-state index in [9.17, 15) is 9.59 Å². The molecule has 0 aliphatic carbocycles. The number of hydrogen-bond acceptors (Lipinski definition) is 4. The maximum absolute atomic E-state index is 12.8. The Morgan fingerprint density at radius 2 is 1.91 bits per heavy atom. The molecule has 2 amide bonds. The van der Waals surface area contributed by atoms with Crippen LogP contribution in [-0.4, -0.2) is 17.6 Å². The molecule has 1 aliphatic rings. The van der Waals surface area contributed by atoms with Gasteiger partial charge in [-0.05, 0) is 43.8 Å². The van der Waals surface area contributed by atoms with E-state index in [0.717, 1.165) is 15.3 Å². The molecule has 0 fully saturated rings. The highest BCUT2D eigenvalue weighted by Gasteiger charge is 2.43. The molecule has 1 aliphatic heterocycles. The first-order valence-electron chi connectivity index (χ1n) is 7.08. The van der Waals surface area contributed by atoms with Gasteiger partial charge in [-0.25, -0.2) is 9.69 Å². The van der Waals surface area contributed by atoms with Crippen molar-refractivity contribution in [2.45, 2.75) is 32.3 Å². The van der Waals surface area contributed by atoms with Crippen molar-refractivity contribution in [2.75, 3.05) is 4.90 Å². The number of anilines is 1. The molecule has 5 heteroatoms. The van der Waals surface area contributed by atoms with Crippen molar-refractivity contribution in [1.29, 1.82) is 0 Å². The van der Waals surface area contributed by atoms with Gasteiger partial charge in [0.25, 0.3) is 0 Å². The molecule has 22 heavy (non-hydrogen) atoms. The van der Waals surface area contributed by atoms with E-state index >= 15 is 0 Å². The van der Waals surface area contributed by atoms with Crippen molar-refractivity contribution >= 4 is 29.0 Å². The highest BCUT2D eigenvalue weighted by atomic mass is 32.1. The van der Waals surface area contributed by atoms with Gasteiger partial charge in [0.1, 0.15) is 11.5 Å². The summed E-state index contributed by atoms with van der Waals surface area (Å²) < 4.78 is 5.38. The van der Waals surface area contributed by atoms with Gasteiger partial charge in [-0.3, -0.25) is 4.79 Å². The number of imide groups is 1. The number of para-hydroxylation sites is 1. The number of carbonyl (C=O) groups excluding carboxylic acids is 2. The number of benzene rings is 1. The van der Waals surface area contributed by atoms with Gasteiger partial charge in [-0.1, -0.05) is 24.3 Å². The summed E-state index contributed by atoms with van der Waals surface area (Å²) in [7, 11) is 0. The van der Waals surface area contributed by atoms with Crippen LogP contribution in [-0.2, 0) is 9.53 Å². The lowest BCUT2D eigenvalue weighted by Crippen LogP contribution is -2.39. The van der Waals surface area contributed by atoms with E-state index in [1.165, 1.54) is 11.3 Å². The molecule has 0 radical (unpaired) electrons. The summed E-state index contributed by atoms with van der Waals surface area (Å²) in [5, 5.41) is 1.93. The lowest BCUT2D eigenvalue weighted by atomic mass is 9.99. The zero-order valence-electron chi connectivity index (χ0n) is 12.7. The van der Waals surface area contributed by atoms with Crippen LogP contribution >= 0.6 is 11.3 Å². The summed E-state index contributed by atoms with van der Waals surface area (Å²) in [5.41, 5.74) is 0.814. The number of hydrogen-bond donors (Lipinski definition) is 0. The van der Waals surface area contributed by atoms with Crippen LogP contribution in [0.3, 0.4) is 0 Å². The summed E-state index contributed by atoms with van der Waals surface area (Å²) in [6, 6.07) is 11.2. The Morgan fingerprint density at radius 3 is 2.55 bits per heavy atom. The third kappa shape index (κ3) is 2.52. The van der Waals surface area contributed by atoms with E-state index < -0.39 is 17.6 Å². The van der Waals surface area contributed by atoms with E-state index in [1.54, 1.807) is 26.8 Å². The van der Waals surface area contributed by atoms with Gasteiger partial charge in [0.15, 0.2) is 0 Å². The number of carbonyl (C=O) groups is 2. The average Bonchev–Trinajstić information content (AvgIpc) is 3.00. The van der Waals surface area contributed by atoms with Gasteiger partial charge in [0.05, 0.1) is 5.69 Å². The number of thiophene rings is 1. The SMILES string of the molecule is CC(C)(C)OC(=O)N1C(=O)C(c2cccs2)c2ccccc21. The molecule has 0 spiro atoms. The van der Waals surface area contributed by atoms with Crippen LogP contribution in [0.4, 0.5) is 10.5 Å². The molecule has 4 nitrogen and oxygen atoms in total. The van der Waals surface area contributed by atoms with Gasteiger partial charge in [-0.2, -0.15) is 0 Å². The third-order valence-corrected chi connectivity index (χ3v) is 4.30. The van der Waals surface area contributed by atoms with E-state index in [2.05, 4.69) is 0 Å². The van der Waals surface area contributed by atoms with Crippen LogP contribution in [0.5, 0.6) is 0 Å². The Hall–Kier alpha value is -2.14. The highest BCUT2D eigenvalue weighted by molar-refractivity contribution is 7.10. The predicted molar refractivity (Wildman–Crippen MR) is 86.3 cm³/mol. The Balaban J connectivity index is 2.03. The van der Waals surface area contributed by atoms with Crippen LogP contribution in [0.25, 0.3) is 0 Å². The van der Waals surface area contributed by atoms with Crippen LogP contribution in [0.2, 0.25) is 0 Å². The summed E-state index contributed by atoms with van der Waals surface area (Å²) in [6.07, 6.45) is -0.621. The average molecular weight is 315 g/mol. The standard InChI is InChI=1S/C17H17NO3S/c1-17(2,3)21-16(20)18-12-8-5-4-7-11(12)14(15(18)19)13-9-6-10-22-13/h4-10,14H,1-3H3. The number of amides is 2. The molecule has 1 aromatic carbocycles. The lowest BCUT2D eigenvalue weighted by molar-refractivity contribution is -0.118. The highest BCUT2D eigenvalue weighted by Crippen LogP contribution is 2.42. The molecule has 1 unspecified atom stereocenters. The topological polar surface area (TPSA) is 46.6 Å². The quantitative estimate of drug-likeness (QED) is 0.794. The lowest BCUT2D eigenvalue weighted by Gasteiger charge is -2.24. The molecule has 2 heterocycles. The van der Waals surface area contributed by atoms with Crippen molar-refractivity contribution in [2.24, 2.45) is 0 Å². The smallest absolute Gasteiger partial charge is 0.421 e. The predicted octanol–water partition coefficient (Wildman–Crippen LogP) is 4.16. The van der Waals surface area contributed by atoms with Crippen molar-refractivity contribution in [1.82, 2.24) is 0 Å². The molecule has 0 saturated carbocycles. The fraction of sp³-hybridized carbons (Fsp3) is 0.294. The number of rotatable bonds is 1. The Kier molecular flexibility index (Phi) is 3.53. The largest absolute Gasteiger partial charge is 0.443 e. The molecule has 2 aromatic rings. The molecule has 1 aromatic heterocycles. The zero-order valence-corrected chi connectivity index (χ0v) is 13.5. The minimum Gasteiger partial charge on any atom is -0.443 e. The summed E-state index contributed by atoms with van der Waals surface area (Å²) in [5.74, 6) is -0.679. The molecule has 1 atom stereocenters. The molecule has 0 saturated heterocycles. The van der Waals surface area contributed by atoms with Gasteiger partial charge < -0.3 is 4.74 Å². The van der Waals surface area contributed by atoms with Gasteiger partial charge >= 0.3 is 6.09 Å². The minimum absolute atomic E-state index is 0.252. The van der Waals surface area contributed by atoms with E-state index in [0.29, 0.717) is 5.69 Å². The monoisotopic (exact) mass is 315 g/mol. The maximum Gasteiger partial charge on any atom is 0.421 e. The molecule has 3 rings (SSSR count). The van der Waals surface area contributed by atoms with Crippen LogP contribution < -0.4 is 4.90 Å². The second-order valence-electron chi connectivity index (χ2n) is 6.16. The number of ether oxygens (including phenoxy) is 1. The Morgan fingerprint density at radius 1 is 1.18 bits per heavy atom. The first-order valence-corrected chi connectivity index (χ1v) is 7.96. The van der Waals surface area contributed by atoms with Crippen molar-refractivity contribution < 1.29 is 14.3 Å². The molecular formula is C17H17NO3S. The van der Waals surface area contributed by atoms with Gasteiger partial charge in [0, 0.05) is 4.88 Å². The van der Waals surface area contributed by atoms with Crippen LogP contribution in [0, 0.1) is 0 Å². The normalized spacial score (nSPS) is 17.5. The second kappa shape index (κ2) is 5.25. The van der Waals surface area contributed by atoms with Crippen molar-refractivity contribution in [3.8, 4) is 0 Å². The minimum atomic E-state index is -0.646. The third-order valence-electron chi connectivity index (χ3n) is 3.36. The van der Waals surface area contributed by atoms with E-state index in [-0.39, 0.29) is 5.91 Å². The fourth-order valence-corrected chi connectivity index (χ4v) is 3.38. The van der Waals surface area contributed by atoms with Crippen molar-refractivity contribution in [3.05, 3.63) is 52.2 Å². The first kappa shape index (κ1) is 14.8. The Labute approximate surface area is 133 Å². The number of fused-ring (bicyclic) bond motifs is 1. The summed E-state index contributed by atoms with van der Waals surface area (Å²) in [6.45, 7) is 5.36. The van der Waals surface area contributed by atoms with Crippen LogP contribution in [0.1, 0.15) is 37.1 Å². The summed E-state index contributed by atoms with van der Waals surface area (Å²) >= 11 is 1.51. The fourth-order valence-electron chi connectivity index (χ4n) is 2.54. The van der Waals surface area contributed by atoms with E-state index in [4.69, 9.17) is 4.74 Å². The first-order chi connectivity index (χ1) is 10.4. The van der Waals surface area contributed by atoms with Crippen LogP contribution in [0.15, 0.2) is 41.8 Å². The van der Waals surface area contributed by atoms with E-state index in [1.807, 2.05) is 35.7 Å². The summed E-state index contributed by atoms with van der Waals surface area (Å²) in [4.78, 5) is 27.3. The second-order valence-corrected chi connectivity index (χ2v) is 7.14. The van der Waals surface area contributed by atoms with Gasteiger partial charge in [-0.15, -0.1) is 11.3 Å². The maximum atomic E-state index is 12.8. The Bertz CT molecular complexity index is 716. The van der Waals surface area contributed by atoms with Gasteiger partial charge in [0.2, 0.25) is 5.91 Å². The molecular weight excluding hydrogens is 298 g/mol.